The third-order valence-electron chi connectivity index (χ3n) is 4.69. The Hall–Kier alpha value is -0.570. The van der Waals surface area contributed by atoms with Crippen LogP contribution in [0, 0.1) is 11.3 Å². The zero-order valence-electron chi connectivity index (χ0n) is 11.9. The molecule has 2 aliphatic rings. The highest BCUT2D eigenvalue weighted by atomic mass is 16.1. The standard InChI is InChI=1S/C15H28N2O/c1-15(2)9-3-4-13(10-15)17-14(18)11-5-7-12(16)8-6-11/h11-13H,3-10,16H2,1-2H3,(H,17,18). The molecule has 0 aromatic rings. The lowest BCUT2D eigenvalue weighted by Crippen LogP contribution is -2.44. The molecule has 1 atom stereocenters. The van der Waals surface area contributed by atoms with Crippen molar-refractivity contribution in [1.29, 1.82) is 0 Å². The molecule has 2 fully saturated rings. The van der Waals surface area contributed by atoms with Crippen molar-refractivity contribution in [3.8, 4) is 0 Å². The summed E-state index contributed by atoms with van der Waals surface area (Å²) >= 11 is 0. The van der Waals surface area contributed by atoms with E-state index in [1.807, 2.05) is 0 Å². The molecule has 2 aliphatic carbocycles. The Labute approximate surface area is 111 Å². The second-order valence-corrected chi connectivity index (χ2v) is 7.08. The van der Waals surface area contributed by atoms with Gasteiger partial charge in [-0.25, -0.2) is 0 Å². The number of nitrogens with two attached hydrogens (primary N) is 1. The fourth-order valence-corrected chi connectivity index (χ4v) is 3.52. The number of hydrogen-bond acceptors (Lipinski definition) is 2. The van der Waals surface area contributed by atoms with Crippen molar-refractivity contribution < 1.29 is 4.79 Å². The Kier molecular flexibility index (Phi) is 4.31. The summed E-state index contributed by atoms with van der Waals surface area (Å²) in [5, 5.41) is 3.28. The summed E-state index contributed by atoms with van der Waals surface area (Å²) in [4.78, 5) is 12.2. The molecule has 0 bridgehead atoms. The highest BCUT2D eigenvalue weighted by Crippen LogP contribution is 2.35. The minimum absolute atomic E-state index is 0.217. The van der Waals surface area contributed by atoms with E-state index >= 15 is 0 Å². The molecular formula is C15H28N2O. The second kappa shape index (κ2) is 5.60. The van der Waals surface area contributed by atoms with E-state index in [0.29, 0.717) is 17.5 Å². The molecule has 3 nitrogen and oxygen atoms in total. The maximum Gasteiger partial charge on any atom is 0.223 e. The first-order valence-corrected chi connectivity index (χ1v) is 7.52. The highest BCUT2D eigenvalue weighted by molar-refractivity contribution is 5.79. The first kappa shape index (κ1) is 13.9. The SMILES string of the molecule is CC1(C)CCCC(NC(=O)C2CCC(N)CC2)C1. The lowest BCUT2D eigenvalue weighted by Gasteiger charge is -2.36. The quantitative estimate of drug-likeness (QED) is 0.793. The summed E-state index contributed by atoms with van der Waals surface area (Å²) < 4.78 is 0. The predicted octanol–water partition coefficient (Wildman–Crippen LogP) is 2.59. The fourth-order valence-electron chi connectivity index (χ4n) is 3.52. The Morgan fingerprint density at radius 3 is 2.44 bits per heavy atom. The average Bonchev–Trinajstić information content (AvgIpc) is 2.28. The van der Waals surface area contributed by atoms with Gasteiger partial charge in [0, 0.05) is 18.0 Å². The van der Waals surface area contributed by atoms with Gasteiger partial charge < -0.3 is 11.1 Å². The first-order valence-electron chi connectivity index (χ1n) is 7.52. The number of hydrogen-bond donors (Lipinski definition) is 2. The monoisotopic (exact) mass is 252 g/mol. The van der Waals surface area contributed by atoms with Gasteiger partial charge in [-0.05, 0) is 50.4 Å². The van der Waals surface area contributed by atoms with E-state index in [4.69, 9.17) is 5.73 Å². The van der Waals surface area contributed by atoms with Crippen LogP contribution in [0.25, 0.3) is 0 Å². The first-order chi connectivity index (χ1) is 8.46. The largest absolute Gasteiger partial charge is 0.353 e. The van der Waals surface area contributed by atoms with Crippen LogP contribution in [0.5, 0.6) is 0 Å². The maximum atomic E-state index is 12.2. The topological polar surface area (TPSA) is 55.1 Å². The third-order valence-corrected chi connectivity index (χ3v) is 4.69. The fraction of sp³-hybridized carbons (Fsp3) is 0.933. The molecule has 0 radical (unpaired) electrons. The van der Waals surface area contributed by atoms with Crippen LogP contribution >= 0.6 is 0 Å². The molecule has 0 heterocycles. The van der Waals surface area contributed by atoms with Crippen LogP contribution in [0.4, 0.5) is 0 Å². The normalized spacial score (nSPS) is 36.1. The molecule has 0 aromatic heterocycles. The van der Waals surface area contributed by atoms with E-state index in [0.717, 1.165) is 38.5 Å². The summed E-state index contributed by atoms with van der Waals surface area (Å²) in [5.41, 5.74) is 6.28. The predicted molar refractivity (Wildman–Crippen MR) is 74.1 cm³/mol. The third kappa shape index (κ3) is 3.71. The zero-order chi connectivity index (χ0) is 13.2. The summed E-state index contributed by atoms with van der Waals surface area (Å²) in [6.45, 7) is 4.62. The summed E-state index contributed by atoms with van der Waals surface area (Å²) in [6.07, 6.45) is 8.78. The minimum Gasteiger partial charge on any atom is -0.353 e. The Morgan fingerprint density at radius 2 is 1.83 bits per heavy atom. The van der Waals surface area contributed by atoms with Crippen LogP contribution in [-0.2, 0) is 4.79 Å². The van der Waals surface area contributed by atoms with Gasteiger partial charge in [0.15, 0.2) is 0 Å². The molecule has 2 saturated carbocycles. The summed E-state index contributed by atoms with van der Waals surface area (Å²) in [7, 11) is 0. The van der Waals surface area contributed by atoms with Gasteiger partial charge in [0.05, 0.1) is 0 Å². The van der Waals surface area contributed by atoms with Crippen molar-refractivity contribution in [2.45, 2.75) is 77.3 Å². The van der Waals surface area contributed by atoms with Crippen LogP contribution in [-0.4, -0.2) is 18.0 Å². The van der Waals surface area contributed by atoms with E-state index in [1.54, 1.807) is 0 Å². The highest BCUT2D eigenvalue weighted by Gasteiger charge is 2.31. The van der Waals surface area contributed by atoms with Gasteiger partial charge in [-0.3, -0.25) is 4.79 Å². The van der Waals surface area contributed by atoms with Gasteiger partial charge in [-0.2, -0.15) is 0 Å². The molecule has 2 rings (SSSR count). The number of carbonyl (C=O) groups is 1. The Bertz CT molecular complexity index is 293. The van der Waals surface area contributed by atoms with Gasteiger partial charge in [0.2, 0.25) is 5.91 Å². The molecule has 0 spiro atoms. The molecule has 0 aromatic carbocycles. The molecule has 0 saturated heterocycles. The molecule has 1 unspecified atom stereocenters. The van der Waals surface area contributed by atoms with Crippen LogP contribution in [0.1, 0.15) is 65.2 Å². The van der Waals surface area contributed by atoms with Crippen molar-refractivity contribution >= 4 is 5.91 Å². The van der Waals surface area contributed by atoms with Gasteiger partial charge in [-0.1, -0.05) is 20.3 Å². The molecular weight excluding hydrogens is 224 g/mol. The van der Waals surface area contributed by atoms with E-state index in [2.05, 4.69) is 19.2 Å². The minimum atomic E-state index is 0.217. The maximum absolute atomic E-state index is 12.2. The van der Waals surface area contributed by atoms with Crippen LogP contribution < -0.4 is 11.1 Å². The van der Waals surface area contributed by atoms with Crippen molar-refractivity contribution in [2.75, 3.05) is 0 Å². The number of amides is 1. The number of carbonyl (C=O) groups excluding carboxylic acids is 1. The Morgan fingerprint density at radius 1 is 1.17 bits per heavy atom. The van der Waals surface area contributed by atoms with Crippen LogP contribution in [0.15, 0.2) is 0 Å². The van der Waals surface area contributed by atoms with Crippen LogP contribution in [0.3, 0.4) is 0 Å². The molecule has 1 amide bonds. The smallest absolute Gasteiger partial charge is 0.223 e. The van der Waals surface area contributed by atoms with Crippen LogP contribution in [0.2, 0.25) is 0 Å². The van der Waals surface area contributed by atoms with Crippen molar-refractivity contribution in [1.82, 2.24) is 5.32 Å². The van der Waals surface area contributed by atoms with Gasteiger partial charge >= 0.3 is 0 Å². The number of nitrogens with one attached hydrogen (secondary N) is 1. The Balaban J connectivity index is 1.80. The van der Waals surface area contributed by atoms with E-state index in [9.17, 15) is 4.79 Å². The molecule has 3 N–H and O–H groups in total. The van der Waals surface area contributed by atoms with Gasteiger partial charge in [0.25, 0.3) is 0 Å². The lowest BCUT2D eigenvalue weighted by molar-refractivity contribution is -0.127. The van der Waals surface area contributed by atoms with Crippen molar-refractivity contribution in [3.63, 3.8) is 0 Å². The molecule has 104 valence electrons. The van der Waals surface area contributed by atoms with Crippen molar-refractivity contribution in [3.05, 3.63) is 0 Å². The summed E-state index contributed by atoms with van der Waals surface area (Å²) in [5.74, 6) is 0.499. The summed E-state index contributed by atoms with van der Waals surface area (Å²) in [6, 6.07) is 0.722. The lowest BCUT2D eigenvalue weighted by atomic mass is 9.75. The van der Waals surface area contributed by atoms with Crippen molar-refractivity contribution in [2.24, 2.45) is 17.1 Å². The molecule has 0 aliphatic heterocycles. The number of rotatable bonds is 2. The zero-order valence-corrected chi connectivity index (χ0v) is 11.9. The van der Waals surface area contributed by atoms with Gasteiger partial charge in [-0.15, -0.1) is 0 Å². The molecule has 3 heteroatoms. The van der Waals surface area contributed by atoms with E-state index < -0.39 is 0 Å². The average molecular weight is 252 g/mol. The van der Waals surface area contributed by atoms with E-state index in [-0.39, 0.29) is 11.8 Å². The molecule has 18 heavy (non-hydrogen) atoms. The van der Waals surface area contributed by atoms with E-state index in [1.165, 1.54) is 12.8 Å². The van der Waals surface area contributed by atoms with Gasteiger partial charge in [0.1, 0.15) is 0 Å². The second-order valence-electron chi connectivity index (χ2n) is 7.08.